The Morgan fingerprint density at radius 1 is 1.25 bits per heavy atom. The molecule has 0 fully saturated rings. The number of fused-ring (bicyclic) bond motifs is 2. The van der Waals surface area contributed by atoms with Gasteiger partial charge in [-0.05, 0) is 49.3 Å². The molecule has 0 aliphatic carbocycles. The van der Waals surface area contributed by atoms with Crippen LogP contribution in [-0.2, 0) is 13.1 Å². The number of carbonyl (C=O) groups is 1. The van der Waals surface area contributed by atoms with Crippen molar-refractivity contribution >= 4 is 22.6 Å². The van der Waals surface area contributed by atoms with Gasteiger partial charge in [-0.2, -0.15) is 5.10 Å². The average molecular weight is 438 g/mol. The number of anilines is 1. The molecule has 1 aliphatic heterocycles. The summed E-state index contributed by atoms with van der Waals surface area (Å²) in [6, 6.07) is 9.25. The number of hydrogen-bond acceptors (Lipinski definition) is 6. The van der Waals surface area contributed by atoms with Crippen molar-refractivity contribution in [2.75, 3.05) is 39.1 Å². The van der Waals surface area contributed by atoms with Crippen molar-refractivity contribution in [3.63, 3.8) is 0 Å². The maximum atomic E-state index is 13.3. The van der Waals surface area contributed by atoms with Crippen LogP contribution in [0.25, 0.3) is 10.9 Å². The minimum atomic E-state index is -0.202. The highest BCUT2D eigenvalue weighted by Crippen LogP contribution is 2.32. The molecule has 1 aliphatic rings. The maximum Gasteiger partial charge on any atom is 0.258 e. The van der Waals surface area contributed by atoms with Crippen LogP contribution in [0.3, 0.4) is 0 Å². The number of amides is 1. The molecule has 0 radical (unpaired) electrons. The number of rotatable bonds is 8. The van der Waals surface area contributed by atoms with E-state index < -0.39 is 0 Å². The van der Waals surface area contributed by atoms with Crippen LogP contribution >= 0.6 is 0 Å². The second-order valence-corrected chi connectivity index (χ2v) is 9.01. The molecule has 32 heavy (non-hydrogen) atoms. The molecule has 4 rings (SSSR count). The molecule has 0 saturated heterocycles. The SMILES string of the molecule is CC(C)CNc1n[nH]c2cc(O)c(C(=O)N3Cc4ccc(OCCN(C)C)cc4C3)cc12. The van der Waals surface area contributed by atoms with E-state index in [9.17, 15) is 9.90 Å². The molecular formula is C24H31N5O3. The van der Waals surface area contributed by atoms with Gasteiger partial charge in [-0.25, -0.2) is 0 Å². The van der Waals surface area contributed by atoms with Crippen molar-refractivity contribution in [1.82, 2.24) is 20.0 Å². The first-order valence-electron chi connectivity index (χ1n) is 11.0. The van der Waals surface area contributed by atoms with Gasteiger partial charge >= 0.3 is 0 Å². The number of phenolic OH excluding ortho intramolecular Hbond substituents is 1. The molecule has 2 heterocycles. The van der Waals surface area contributed by atoms with Gasteiger partial charge in [-0.1, -0.05) is 19.9 Å². The van der Waals surface area contributed by atoms with Gasteiger partial charge in [0.05, 0.1) is 11.1 Å². The molecule has 3 N–H and O–H groups in total. The lowest BCUT2D eigenvalue weighted by Gasteiger charge is -2.16. The van der Waals surface area contributed by atoms with Crippen molar-refractivity contribution < 1.29 is 14.6 Å². The van der Waals surface area contributed by atoms with Crippen LogP contribution in [-0.4, -0.2) is 64.8 Å². The Bertz CT molecular complexity index is 1120. The van der Waals surface area contributed by atoms with Crippen molar-refractivity contribution in [3.8, 4) is 11.5 Å². The van der Waals surface area contributed by atoms with E-state index in [0.717, 1.165) is 35.4 Å². The van der Waals surface area contributed by atoms with Crippen LogP contribution in [0.2, 0.25) is 0 Å². The smallest absolute Gasteiger partial charge is 0.258 e. The lowest BCUT2D eigenvalue weighted by Crippen LogP contribution is -2.25. The monoisotopic (exact) mass is 437 g/mol. The third-order valence-electron chi connectivity index (χ3n) is 5.58. The van der Waals surface area contributed by atoms with Gasteiger partial charge < -0.3 is 25.0 Å². The summed E-state index contributed by atoms with van der Waals surface area (Å²) in [7, 11) is 4.02. The van der Waals surface area contributed by atoms with Crippen LogP contribution in [0.5, 0.6) is 11.5 Å². The third kappa shape index (κ3) is 4.65. The van der Waals surface area contributed by atoms with Crippen LogP contribution in [0.4, 0.5) is 5.82 Å². The molecule has 2 aromatic carbocycles. The number of carbonyl (C=O) groups excluding carboxylic acids is 1. The summed E-state index contributed by atoms with van der Waals surface area (Å²) in [6.07, 6.45) is 0. The van der Waals surface area contributed by atoms with Crippen molar-refractivity contribution in [2.24, 2.45) is 5.92 Å². The van der Waals surface area contributed by atoms with Gasteiger partial charge in [0, 0.05) is 37.6 Å². The normalized spacial score (nSPS) is 13.2. The molecule has 8 heteroatoms. The topological polar surface area (TPSA) is 93.7 Å². The molecule has 3 aromatic rings. The standard InChI is InChI=1S/C24H31N5O3/c1-15(2)12-25-23-19-10-20(22(30)11-21(19)26-27-23)24(31)29-13-16-5-6-18(9-17(16)14-29)32-8-7-28(3)4/h5-6,9-11,15,30H,7-8,12-14H2,1-4H3,(H2,25,26,27). The van der Waals surface area contributed by atoms with Crippen molar-refractivity contribution in [1.29, 1.82) is 0 Å². The molecule has 0 atom stereocenters. The summed E-state index contributed by atoms with van der Waals surface area (Å²) in [5, 5.41) is 21.8. The predicted octanol–water partition coefficient (Wildman–Crippen LogP) is 3.43. The Hall–Kier alpha value is -3.26. The molecule has 0 saturated carbocycles. The van der Waals surface area contributed by atoms with E-state index in [2.05, 4.69) is 34.3 Å². The molecule has 8 nitrogen and oxygen atoms in total. The second-order valence-electron chi connectivity index (χ2n) is 9.01. The van der Waals surface area contributed by atoms with E-state index in [1.807, 2.05) is 32.3 Å². The Morgan fingerprint density at radius 3 is 2.78 bits per heavy atom. The predicted molar refractivity (Wildman–Crippen MR) is 125 cm³/mol. The Morgan fingerprint density at radius 2 is 2.03 bits per heavy atom. The van der Waals surface area contributed by atoms with E-state index in [1.54, 1.807) is 17.0 Å². The largest absolute Gasteiger partial charge is 0.507 e. The molecule has 1 amide bonds. The highest BCUT2D eigenvalue weighted by atomic mass is 16.5. The quantitative estimate of drug-likeness (QED) is 0.500. The Labute approximate surface area is 188 Å². The fourth-order valence-electron chi connectivity index (χ4n) is 3.78. The molecule has 0 bridgehead atoms. The fraction of sp³-hybridized carbons (Fsp3) is 0.417. The third-order valence-corrected chi connectivity index (χ3v) is 5.58. The minimum Gasteiger partial charge on any atom is -0.507 e. The number of nitrogens with one attached hydrogen (secondary N) is 2. The zero-order valence-electron chi connectivity index (χ0n) is 19.1. The molecule has 0 unspecified atom stereocenters. The highest BCUT2D eigenvalue weighted by Gasteiger charge is 2.27. The minimum absolute atomic E-state index is 0.0507. The summed E-state index contributed by atoms with van der Waals surface area (Å²) < 4.78 is 5.83. The second kappa shape index (κ2) is 9.08. The maximum absolute atomic E-state index is 13.3. The van der Waals surface area contributed by atoms with Crippen LogP contribution in [0.15, 0.2) is 30.3 Å². The first-order chi connectivity index (χ1) is 15.3. The van der Waals surface area contributed by atoms with Crippen LogP contribution in [0, 0.1) is 5.92 Å². The van der Waals surface area contributed by atoms with E-state index in [0.29, 0.717) is 36.9 Å². The Kier molecular flexibility index (Phi) is 6.23. The van der Waals surface area contributed by atoms with Gasteiger partial charge in [0.2, 0.25) is 0 Å². The molecular weight excluding hydrogens is 406 g/mol. The summed E-state index contributed by atoms with van der Waals surface area (Å²) >= 11 is 0. The van der Waals surface area contributed by atoms with E-state index in [1.165, 1.54) is 0 Å². The van der Waals surface area contributed by atoms with Gasteiger partial charge in [0.25, 0.3) is 5.91 Å². The number of aromatic amines is 1. The number of H-pyrrole nitrogens is 1. The number of hydrogen-bond donors (Lipinski definition) is 3. The lowest BCUT2D eigenvalue weighted by molar-refractivity contribution is 0.0748. The molecule has 1 aromatic heterocycles. The lowest BCUT2D eigenvalue weighted by atomic mass is 10.1. The molecule has 170 valence electrons. The van der Waals surface area contributed by atoms with Crippen LogP contribution in [0.1, 0.15) is 35.3 Å². The summed E-state index contributed by atoms with van der Waals surface area (Å²) in [5.41, 5.74) is 3.14. The highest BCUT2D eigenvalue weighted by molar-refractivity contribution is 6.03. The molecule has 0 spiro atoms. The van der Waals surface area contributed by atoms with E-state index >= 15 is 0 Å². The first kappa shape index (κ1) is 22.0. The fourth-order valence-corrected chi connectivity index (χ4v) is 3.78. The van der Waals surface area contributed by atoms with Crippen molar-refractivity contribution in [3.05, 3.63) is 47.0 Å². The van der Waals surface area contributed by atoms with E-state index in [4.69, 9.17) is 4.74 Å². The summed E-state index contributed by atoms with van der Waals surface area (Å²) in [6.45, 7) is 7.45. The number of aromatic hydroxyl groups is 1. The van der Waals surface area contributed by atoms with Gasteiger partial charge in [-0.3, -0.25) is 9.89 Å². The number of phenols is 1. The summed E-state index contributed by atoms with van der Waals surface area (Å²) in [5.74, 6) is 1.70. The number of likely N-dealkylation sites (N-methyl/N-ethyl adjacent to an activating group) is 1. The number of ether oxygens (including phenoxy) is 1. The van der Waals surface area contributed by atoms with Gasteiger partial charge in [-0.15, -0.1) is 0 Å². The summed E-state index contributed by atoms with van der Waals surface area (Å²) in [4.78, 5) is 17.1. The van der Waals surface area contributed by atoms with Gasteiger partial charge in [0.15, 0.2) is 5.82 Å². The Balaban J connectivity index is 1.51. The first-order valence-corrected chi connectivity index (χ1v) is 11.0. The van der Waals surface area contributed by atoms with Crippen molar-refractivity contribution in [2.45, 2.75) is 26.9 Å². The number of benzene rings is 2. The average Bonchev–Trinajstić information content (AvgIpc) is 3.34. The number of nitrogens with zero attached hydrogens (tertiary/aromatic N) is 3. The zero-order chi connectivity index (χ0) is 22.8. The van der Waals surface area contributed by atoms with Gasteiger partial charge in [0.1, 0.15) is 18.1 Å². The zero-order valence-corrected chi connectivity index (χ0v) is 19.1. The van der Waals surface area contributed by atoms with Crippen LogP contribution < -0.4 is 10.1 Å². The van der Waals surface area contributed by atoms with E-state index in [-0.39, 0.29) is 17.2 Å². The number of aromatic nitrogens is 2.